The normalized spacial score (nSPS) is 28.1. The summed E-state index contributed by atoms with van der Waals surface area (Å²) in [7, 11) is 4.10. The molecule has 3 aliphatic carbocycles. The van der Waals surface area contributed by atoms with E-state index in [1.165, 1.54) is 18.6 Å². The molecule has 8 nitrogen and oxygen atoms in total. The highest BCUT2D eigenvalue weighted by Crippen LogP contribution is 2.61. The van der Waals surface area contributed by atoms with Gasteiger partial charge in [-0.05, 0) is 92.6 Å². The van der Waals surface area contributed by atoms with Gasteiger partial charge in [-0.15, -0.1) is 0 Å². The maximum absolute atomic E-state index is 15.0. The fraction of sp³-hybridized carbons (Fsp3) is 0.667. The number of hydrogen-bond acceptors (Lipinski definition) is 7. The Morgan fingerprint density at radius 2 is 1.81 bits per heavy atom. The predicted molar refractivity (Wildman–Crippen MR) is 187 cm³/mol. The number of rotatable bonds is 14. The number of phenolic OH excluding ortho intramolecular Hbond substituents is 1. The van der Waals surface area contributed by atoms with E-state index in [0.29, 0.717) is 47.7 Å². The Morgan fingerprint density at radius 3 is 2.44 bits per heavy atom. The SMILES string of the molecule is CC(C)C[C@@H](CN(C)C)N(Cc1cccc(CN2OC[C@@H]([C@H](C)O)C2C(=O)N[C@H]2C[C@H]3C[C@@H]([C@@H]2C)C3(C)C)c1)Cc1c(O)cccc1F. The van der Waals surface area contributed by atoms with Crippen LogP contribution in [0.15, 0.2) is 42.5 Å². The molecule has 1 aliphatic heterocycles. The van der Waals surface area contributed by atoms with Gasteiger partial charge in [-0.25, -0.2) is 4.39 Å². The number of hydrogen-bond donors (Lipinski definition) is 3. The summed E-state index contributed by atoms with van der Waals surface area (Å²) in [4.78, 5) is 24.5. The molecule has 6 rings (SSSR count). The number of aliphatic hydroxyl groups is 1. The summed E-state index contributed by atoms with van der Waals surface area (Å²) in [6.07, 6.45) is 2.48. The number of amides is 1. The quantitative estimate of drug-likeness (QED) is 0.235. The smallest absolute Gasteiger partial charge is 0.240 e. The molecule has 1 amide bonds. The van der Waals surface area contributed by atoms with Crippen molar-refractivity contribution in [2.75, 3.05) is 27.2 Å². The van der Waals surface area contributed by atoms with Crippen molar-refractivity contribution in [1.82, 2.24) is 20.2 Å². The zero-order chi connectivity index (χ0) is 34.9. The number of aliphatic hydroxyl groups excluding tert-OH is 1. The molecule has 2 aromatic rings. The number of carbonyl (C=O) groups excluding carboxylic acids is 1. The molecule has 2 aromatic carbocycles. The topological polar surface area (TPSA) is 88.5 Å². The Balaban J connectivity index is 1.34. The number of nitrogens with one attached hydrogen (secondary N) is 1. The zero-order valence-corrected chi connectivity index (χ0v) is 30.3. The molecule has 8 atom stereocenters. The van der Waals surface area contributed by atoms with Crippen LogP contribution in [0.2, 0.25) is 0 Å². The second kappa shape index (κ2) is 15.1. The summed E-state index contributed by atoms with van der Waals surface area (Å²) in [6, 6.07) is 12.4. The fourth-order valence-corrected chi connectivity index (χ4v) is 8.81. The number of carbonyl (C=O) groups is 1. The van der Waals surface area contributed by atoms with Crippen LogP contribution < -0.4 is 5.32 Å². The van der Waals surface area contributed by atoms with E-state index in [1.54, 1.807) is 18.1 Å². The van der Waals surface area contributed by atoms with Gasteiger partial charge in [-0.1, -0.05) is 65.0 Å². The molecule has 0 radical (unpaired) electrons. The molecule has 1 unspecified atom stereocenters. The van der Waals surface area contributed by atoms with Crippen molar-refractivity contribution in [2.24, 2.45) is 35.0 Å². The highest BCUT2D eigenvalue weighted by atomic mass is 19.1. The van der Waals surface area contributed by atoms with Gasteiger partial charge in [-0.2, -0.15) is 5.06 Å². The number of likely N-dealkylation sites (N-methyl/N-ethyl adjacent to an activating group) is 1. The van der Waals surface area contributed by atoms with Crippen LogP contribution in [0.3, 0.4) is 0 Å². The minimum absolute atomic E-state index is 0.0339. The predicted octanol–water partition coefficient (Wildman–Crippen LogP) is 5.81. The summed E-state index contributed by atoms with van der Waals surface area (Å²) in [5.74, 6) is 1.26. The molecule has 0 aromatic heterocycles. The average molecular weight is 667 g/mol. The number of halogens is 1. The summed E-state index contributed by atoms with van der Waals surface area (Å²) in [5.41, 5.74) is 2.69. The first-order valence-electron chi connectivity index (χ1n) is 18.0. The molecule has 48 heavy (non-hydrogen) atoms. The molecule has 0 spiro atoms. The molecule has 4 fully saturated rings. The van der Waals surface area contributed by atoms with Crippen LogP contribution >= 0.6 is 0 Å². The average Bonchev–Trinajstić information content (AvgIpc) is 3.42. The van der Waals surface area contributed by atoms with Gasteiger partial charge in [0.05, 0.1) is 19.3 Å². The lowest BCUT2D eigenvalue weighted by Crippen LogP contribution is -2.62. The van der Waals surface area contributed by atoms with Crippen LogP contribution in [0.1, 0.15) is 77.5 Å². The summed E-state index contributed by atoms with van der Waals surface area (Å²) in [5, 5.41) is 26.4. The monoisotopic (exact) mass is 666 g/mol. The van der Waals surface area contributed by atoms with Gasteiger partial charge in [-0.3, -0.25) is 14.5 Å². The van der Waals surface area contributed by atoms with Crippen LogP contribution in [-0.2, 0) is 29.3 Å². The van der Waals surface area contributed by atoms with Crippen molar-refractivity contribution < 1.29 is 24.2 Å². The van der Waals surface area contributed by atoms with E-state index in [9.17, 15) is 19.4 Å². The first-order valence-corrected chi connectivity index (χ1v) is 18.0. The summed E-state index contributed by atoms with van der Waals surface area (Å²) < 4.78 is 15.0. The van der Waals surface area contributed by atoms with Gasteiger partial charge < -0.3 is 20.4 Å². The lowest BCUT2D eigenvalue weighted by atomic mass is 9.45. The second-order valence-electron chi connectivity index (χ2n) is 16.3. The number of aromatic hydroxyl groups is 1. The molecule has 1 saturated heterocycles. The number of fused-ring (bicyclic) bond motifs is 2. The molecule has 2 bridgehead atoms. The molecular formula is C39H59FN4O4. The molecule has 1 heterocycles. The van der Waals surface area contributed by atoms with Gasteiger partial charge in [0.1, 0.15) is 17.6 Å². The minimum Gasteiger partial charge on any atom is -0.508 e. The fourth-order valence-electron chi connectivity index (χ4n) is 8.81. The van der Waals surface area contributed by atoms with Crippen LogP contribution in [0.4, 0.5) is 4.39 Å². The maximum atomic E-state index is 15.0. The molecule has 3 N–H and O–H groups in total. The van der Waals surface area contributed by atoms with Crippen LogP contribution in [0, 0.1) is 40.8 Å². The Bertz CT molecular complexity index is 1370. The summed E-state index contributed by atoms with van der Waals surface area (Å²) >= 11 is 0. The van der Waals surface area contributed by atoms with Gasteiger partial charge in [0.15, 0.2) is 0 Å². The Kier molecular flexibility index (Phi) is 11.6. The number of phenols is 1. The van der Waals surface area contributed by atoms with Crippen molar-refractivity contribution in [1.29, 1.82) is 0 Å². The first kappa shape index (κ1) is 36.7. The lowest BCUT2D eigenvalue weighted by Gasteiger charge is -2.62. The van der Waals surface area contributed by atoms with Crippen LogP contribution in [-0.4, -0.2) is 82.5 Å². The Hall–Kier alpha value is -2.56. The zero-order valence-electron chi connectivity index (χ0n) is 30.3. The lowest BCUT2D eigenvalue weighted by molar-refractivity contribution is -0.161. The third kappa shape index (κ3) is 8.07. The summed E-state index contributed by atoms with van der Waals surface area (Å²) in [6.45, 7) is 15.5. The van der Waals surface area contributed by atoms with Crippen LogP contribution in [0.25, 0.3) is 0 Å². The maximum Gasteiger partial charge on any atom is 0.240 e. The highest BCUT2D eigenvalue weighted by molar-refractivity contribution is 5.82. The number of benzene rings is 2. The van der Waals surface area contributed by atoms with Crippen molar-refractivity contribution in [3.63, 3.8) is 0 Å². The molecule has 3 saturated carbocycles. The van der Waals surface area contributed by atoms with E-state index in [0.717, 1.165) is 30.5 Å². The molecule has 4 aliphatic rings. The van der Waals surface area contributed by atoms with E-state index in [1.807, 2.05) is 26.2 Å². The molecule has 266 valence electrons. The third-order valence-electron chi connectivity index (χ3n) is 11.7. The number of nitrogens with zero attached hydrogens (tertiary/aromatic N) is 3. The van der Waals surface area contributed by atoms with Crippen LogP contribution in [0.5, 0.6) is 5.75 Å². The number of hydroxylamine groups is 2. The van der Waals surface area contributed by atoms with E-state index in [2.05, 4.69) is 61.9 Å². The third-order valence-corrected chi connectivity index (χ3v) is 11.7. The Morgan fingerprint density at radius 1 is 1.10 bits per heavy atom. The van der Waals surface area contributed by atoms with E-state index < -0.39 is 18.0 Å². The van der Waals surface area contributed by atoms with Crippen molar-refractivity contribution in [2.45, 2.75) is 105 Å². The van der Waals surface area contributed by atoms with Gasteiger partial charge in [0.25, 0.3) is 0 Å². The molecule has 9 heteroatoms. The Labute approximate surface area is 287 Å². The van der Waals surface area contributed by atoms with E-state index >= 15 is 0 Å². The van der Waals surface area contributed by atoms with Gasteiger partial charge >= 0.3 is 0 Å². The van der Waals surface area contributed by atoms with Crippen molar-refractivity contribution in [3.05, 3.63) is 65.0 Å². The van der Waals surface area contributed by atoms with Crippen molar-refractivity contribution in [3.8, 4) is 5.75 Å². The van der Waals surface area contributed by atoms with Gasteiger partial charge in [0, 0.05) is 43.2 Å². The first-order chi connectivity index (χ1) is 22.6. The largest absolute Gasteiger partial charge is 0.508 e. The minimum atomic E-state index is -0.689. The standard InChI is InChI=1S/C39H59FN4O4/c1-24(2)15-30(21-42(7)8)43(22-31-34(40)13-10-14-36(31)46)19-27-11-9-12-28(16-27)20-44-37(32(23-48-44)26(4)45)38(47)41-35-18-29-17-33(25(35)3)39(29,5)6/h9-14,16,24-26,29-30,32-33,35,37,45-46H,15,17-23H2,1-8H3,(H,41,47)/t25-,26-,29+,30-,32-,33-,35-,37?/m0/s1. The van der Waals surface area contributed by atoms with Crippen molar-refractivity contribution >= 4 is 5.91 Å². The molecular weight excluding hydrogens is 607 g/mol. The van der Waals surface area contributed by atoms with Gasteiger partial charge in [0.2, 0.25) is 5.91 Å². The highest BCUT2D eigenvalue weighted by Gasteiger charge is 2.57. The van der Waals surface area contributed by atoms with E-state index in [4.69, 9.17) is 4.84 Å². The van der Waals surface area contributed by atoms with E-state index in [-0.39, 0.29) is 42.8 Å². The second-order valence-corrected chi connectivity index (χ2v) is 16.3.